The van der Waals surface area contributed by atoms with Crippen LogP contribution in [0.3, 0.4) is 0 Å². The van der Waals surface area contributed by atoms with E-state index in [-0.39, 0.29) is 5.91 Å². The molecule has 0 unspecified atom stereocenters. The minimum atomic E-state index is -0.0990. The minimum Gasteiger partial charge on any atom is -0.467 e. The zero-order valence-corrected chi connectivity index (χ0v) is 24.5. The highest BCUT2D eigenvalue weighted by atomic mass is 32.1. The number of rotatable bonds is 8. The Hall–Kier alpha value is -4.94. The molecule has 212 valence electrons. The number of carbonyl (C=O) groups excluding carboxylic acids is 1. The standard InChI is InChI=1S/C37H31N3O2S/c41-36(38-25-30-19-12-22-42-30)34-31-20-10-11-21-33(31)43-37(34)39-24-28-23-32(26-13-4-1-5-14-26)40(29-17-8-3-9-18-29)35(28)27-15-6-2-7-16-27/h1-9,12-19,22-24H,10-11,20-21,25H2,(H,38,41). The molecule has 6 aromatic rings. The number of thiophene rings is 1. The molecule has 1 aliphatic carbocycles. The molecule has 0 saturated carbocycles. The van der Waals surface area contributed by atoms with Gasteiger partial charge in [0.05, 0.1) is 29.8 Å². The van der Waals surface area contributed by atoms with Crippen molar-refractivity contribution in [1.29, 1.82) is 0 Å². The Balaban J connectivity index is 1.36. The monoisotopic (exact) mass is 581 g/mol. The Morgan fingerprint density at radius 1 is 0.860 bits per heavy atom. The fraction of sp³-hybridized carbons (Fsp3) is 0.135. The van der Waals surface area contributed by atoms with Gasteiger partial charge in [-0.1, -0.05) is 78.9 Å². The van der Waals surface area contributed by atoms with Crippen LogP contribution in [0.2, 0.25) is 0 Å². The Labute approximate surface area is 255 Å². The van der Waals surface area contributed by atoms with Crippen LogP contribution in [0, 0.1) is 0 Å². The maximum atomic E-state index is 13.6. The van der Waals surface area contributed by atoms with Gasteiger partial charge in [0.15, 0.2) is 0 Å². The number of nitrogens with one attached hydrogen (secondary N) is 1. The Morgan fingerprint density at radius 2 is 1.56 bits per heavy atom. The van der Waals surface area contributed by atoms with Crippen molar-refractivity contribution in [3.8, 4) is 28.2 Å². The average Bonchev–Trinajstić information content (AvgIpc) is 3.81. The number of amides is 1. The van der Waals surface area contributed by atoms with Crippen molar-refractivity contribution in [3.63, 3.8) is 0 Å². The Morgan fingerprint density at radius 3 is 2.28 bits per heavy atom. The van der Waals surface area contributed by atoms with Crippen molar-refractivity contribution in [3.05, 3.63) is 143 Å². The van der Waals surface area contributed by atoms with E-state index in [0.29, 0.717) is 12.1 Å². The summed E-state index contributed by atoms with van der Waals surface area (Å²) in [6, 6.07) is 37.2. The second-order valence-corrected chi connectivity index (χ2v) is 11.7. The van der Waals surface area contributed by atoms with Crippen LogP contribution < -0.4 is 5.32 Å². The number of hydrogen-bond acceptors (Lipinski definition) is 4. The molecule has 0 spiro atoms. The zero-order chi connectivity index (χ0) is 29.0. The van der Waals surface area contributed by atoms with Crippen LogP contribution in [0.4, 0.5) is 5.00 Å². The lowest BCUT2D eigenvalue weighted by molar-refractivity contribution is 0.0948. The van der Waals surface area contributed by atoms with E-state index >= 15 is 0 Å². The summed E-state index contributed by atoms with van der Waals surface area (Å²) in [7, 11) is 0. The van der Waals surface area contributed by atoms with Crippen molar-refractivity contribution in [2.24, 2.45) is 4.99 Å². The molecule has 3 aromatic carbocycles. The zero-order valence-electron chi connectivity index (χ0n) is 23.7. The smallest absolute Gasteiger partial charge is 0.255 e. The quantitative estimate of drug-likeness (QED) is 0.182. The van der Waals surface area contributed by atoms with Crippen molar-refractivity contribution >= 4 is 28.5 Å². The SMILES string of the molecule is O=C(NCc1ccco1)c1c(N=Cc2cc(-c3ccccc3)n(-c3ccccc3)c2-c2ccccc2)sc2c1CCCC2. The van der Waals surface area contributed by atoms with E-state index in [4.69, 9.17) is 9.41 Å². The molecule has 1 aliphatic rings. The lowest BCUT2D eigenvalue weighted by Gasteiger charge is -2.15. The number of para-hydroxylation sites is 1. The normalized spacial score (nSPS) is 12.8. The summed E-state index contributed by atoms with van der Waals surface area (Å²) in [5.41, 5.74) is 8.26. The highest BCUT2D eigenvalue weighted by Gasteiger charge is 2.26. The molecule has 0 radical (unpaired) electrons. The van der Waals surface area contributed by atoms with Crippen molar-refractivity contribution in [1.82, 2.24) is 9.88 Å². The summed E-state index contributed by atoms with van der Waals surface area (Å²) in [6.07, 6.45) is 7.69. The molecule has 0 saturated heterocycles. The molecule has 1 N–H and O–H groups in total. The van der Waals surface area contributed by atoms with Crippen molar-refractivity contribution < 1.29 is 9.21 Å². The first kappa shape index (κ1) is 26.9. The first-order valence-corrected chi connectivity index (χ1v) is 15.5. The number of nitrogens with zero attached hydrogens (tertiary/aromatic N) is 2. The number of fused-ring (bicyclic) bond motifs is 1. The number of carbonyl (C=O) groups is 1. The van der Waals surface area contributed by atoms with Gasteiger partial charge in [0.1, 0.15) is 10.8 Å². The average molecular weight is 582 g/mol. The molecule has 1 amide bonds. The van der Waals surface area contributed by atoms with E-state index in [1.165, 1.54) is 4.88 Å². The molecule has 3 heterocycles. The summed E-state index contributed by atoms with van der Waals surface area (Å²) in [6.45, 7) is 0.345. The second kappa shape index (κ2) is 12.1. The molecule has 6 heteroatoms. The third-order valence-corrected chi connectivity index (χ3v) is 9.07. The topological polar surface area (TPSA) is 59.5 Å². The summed E-state index contributed by atoms with van der Waals surface area (Å²) >= 11 is 1.65. The molecular weight excluding hydrogens is 550 g/mol. The fourth-order valence-corrected chi connectivity index (χ4v) is 7.09. The lowest BCUT2D eigenvalue weighted by Crippen LogP contribution is -2.23. The number of aliphatic imine (C=N–C) groups is 1. The first-order valence-electron chi connectivity index (χ1n) is 14.7. The molecular formula is C37H31N3O2S. The number of furan rings is 1. The predicted octanol–water partition coefficient (Wildman–Crippen LogP) is 9.03. The van der Waals surface area contributed by atoms with E-state index in [2.05, 4.69) is 88.7 Å². The molecule has 0 atom stereocenters. The summed E-state index contributed by atoms with van der Waals surface area (Å²) < 4.78 is 7.76. The van der Waals surface area contributed by atoms with E-state index < -0.39 is 0 Å². The Kier molecular flexibility index (Phi) is 7.59. The maximum absolute atomic E-state index is 13.6. The molecule has 43 heavy (non-hydrogen) atoms. The van der Waals surface area contributed by atoms with E-state index in [1.54, 1.807) is 17.6 Å². The minimum absolute atomic E-state index is 0.0990. The second-order valence-electron chi connectivity index (χ2n) is 10.6. The van der Waals surface area contributed by atoms with Crippen LogP contribution in [0.1, 0.15) is 45.0 Å². The highest BCUT2D eigenvalue weighted by molar-refractivity contribution is 7.16. The summed E-state index contributed by atoms with van der Waals surface area (Å²) in [4.78, 5) is 19.9. The van der Waals surface area contributed by atoms with Gasteiger partial charge in [-0.15, -0.1) is 11.3 Å². The van der Waals surface area contributed by atoms with Crippen LogP contribution in [-0.4, -0.2) is 16.7 Å². The van der Waals surface area contributed by atoms with Gasteiger partial charge in [-0.05, 0) is 72.7 Å². The van der Waals surface area contributed by atoms with Crippen molar-refractivity contribution in [2.45, 2.75) is 32.2 Å². The van der Waals surface area contributed by atoms with E-state index in [0.717, 1.165) is 75.8 Å². The van der Waals surface area contributed by atoms with Gasteiger partial charge >= 0.3 is 0 Å². The molecule has 3 aromatic heterocycles. The first-order chi connectivity index (χ1) is 21.3. The molecule has 0 fully saturated rings. The van der Waals surface area contributed by atoms with E-state index in [1.807, 2.05) is 36.5 Å². The molecule has 0 bridgehead atoms. The van der Waals surface area contributed by atoms with Gasteiger partial charge in [-0.2, -0.15) is 0 Å². The molecule has 5 nitrogen and oxygen atoms in total. The van der Waals surface area contributed by atoms with Gasteiger partial charge in [-0.3, -0.25) is 4.79 Å². The largest absolute Gasteiger partial charge is 0.467 e. The van der Waals surface area contributed by atoms with Crippen LogP contribution in [0.5, 0.6) is 0 Å². The van der Waals surface area contributed by atoms with Gasteiger partial charge < -0.3 is 14.3 Å². The van der Waals surface area contributed by atoms with Crippen LogP contribution >= 0.6 is 11.3 Å². The molecule has 7 rings (SSSR count). The number of aromatic nitrogens is 1. The Bertz CT molecular complexity index is 1870. The molecule has 0 aliphatic heterocycles. The van der Waals surface area contributed by atoms with Gasteiger partial charge in [0.25, 0.3) is 5.91 Å². The third kappa shape index (κ3) is 5.49. The van der Waals surface area contributed by atoms with E-state index in [9.17, 15) is 4.79 Å². The van der Waals surface area contributed by atoms with Gasteiger partial charge in [0, 0.05) is 22.3 Å². The summed E-state index contributed by atoms with van der Waals surface area (Å²) in [5, 5.41) is 3.83. The number of aryl methyl sites for hydroxylation is 1. The third-order valence-electron chi connectivity index (χ3n) is 7.87. The van der Waals surface area contributed by atoms with Crippen LogP contribution in [-0.2, 0) is 19.4 Å². The van der Waals surface area contributed by atoms with Crippen molar-refractivity contribution in [2.75, 3.05) is 0 Å². The van der Waals surface area contributed by atoms with Crippen LogP contribution in [0.15, 0.2) is 125 Å². The summed E-state index contributed by atoms with van der Waals surface area (Å²) in [5.74, 6) is 0.628. The van der Waals surface area contributed by atoms with Crippen LogP contribution in [0.25, 0.3) is 28.2 Å². The predicted molar refractivity (Wildman–Crippen MR) is 175 cm³/mol. The van der Waals surface area contributed by atoms with Gasteiger partial charge in [-0.25, -0.2) is 4.99 Å². The maximum Gasteiger partial charge on any atom is 0.255 e. The lowest BCUT2D eigenvalue weighted by atomic mass is 9.95. The highest BCUT2D eigenvalue weighted by Crippen LogP contribution is 2.41. The number of benzene rings is 3. The number of hydrogen-bond donors (Lipinski definition) is 1. The fourth-order valence-electron chi connectivity index (χ4n) is 5.86. The van der Waals surface area contributed by atoms with Gasteiger partial charge in [0.2, 0.25) is 0 Å².